The zero-order chi connectivity index (χ0) is 13.8. The lowest BCUT2D eigenvalue weighted by Crippen LogP contribution is -2.06. The van der Waals surface area contributed by atoms with Crippen LogP contribution in [0, 0.1) is 13.8 Å². The molecule has 0 saturated heterocycles. The molecule has 8 heteroatoms. The van der Waals surface area contributed by atoms with Crippen LogP contribution in [0.5, 0.6) is 0 Å². The topological polar surface area (TPSA) is 25.8 Å². The fourth-order valence-electron chi connectivity index (χ4n) is 1.45. The Hall–Kier alpha value is -1.44. The van der Waals surface area contributed by atoms with Crippen LogP contribution in [0.25, 0.3) is 11.0 Å². The summed E-state index contributed by atoms with van der Waals surface area (Å²) in [6.07, 6.45) is 0. The summed E-state index contributed by atoms with van der Waals surface area (Å²) in [4.78, 5) is 5.87. The van der Waals surface area contributed by atoms with Gasteiger partial charge < -0.3 is 0 Å². The zero-order valence-electron chi connectivity index (χ0n) is 9.42. The van der Waals surface area contributed by atoms with Crippen LogP contribution in [0.2, 0.25) is 0 Å². The van der Waals surface area contributed by atoms with Gasteiger partial charge in [0.1, 0.15) is 4.90 Å². The molecule has 0 aliphatic carbocycles. The van der Waals surface area contributed by atoms with E-state index in [1.807, 2.05) is 0 Å². The maximum atomic E-state index is 12.6. The maximum absolute atomic E-state index is 12.6. The van der Waals surface area contributed by atoms with Crippen molar-refractivity contribution < 1.29 is 19.4 Å². The highest BCUT2D eigenvalue weighted by molar-refractivity contribution is 8.45. The third-order valence-corrected chi connectivity index (χ3v) is 3.64. The number of aryl methyl sites for hydroxylation is 2. The number of halogens is 5. The molecule has 0 N–H and O–H groups in total. The first-order valence-corrected chi connectivity index (χ1v) is 6.81. The molecular formula is C10H9F5N2S. The minimum Gasteiger partial charge on any atom is -0.250 e. The van der Waals surface area contributed by atoms with E-state index >= 15 is 0 Å². The molecule has 0 unspecified atom stereocenters. The molecule has 2 rings (SSSR count). The summed E-state index contributed by atoms with van der Waals surface area (Å²) in [6, 6.07) is 1.59. The lowest BCUT2D eigenvalue weighted by atomic mass is 10.2. The van der Waals surface area contributed by atoms with Gasteiger partial charge in [-0.1, -0.05) is 19.4 Å². The van der Waals surface area contributed by atoms with E-state index in [-0.39, 0.29) is 11.0 Å². The molecule has 0 spiro atoms. The fourth-order valence-corrected chi connectivity index (χ4v) is 2.11. The average molecular weight is 284 g/mol. The van der Waals surface area contributed by atoms with E-state index in [4.69, 9.17) is 0 Å². The van der Waals surface area contributed by atoms with Gasteiger partial charge in [0.05, 0.1) is 22.4 Å². The largest absolute Gasteiger partial charge is 0.310 e. The highest BCUT2D eigenvalue weighted by Crippen LogP contribution is 3.02. The molecule has 0 radical (unpaired) electrons. The Bertz CT molecular complexity index is 650. The quantitative estimate of drug-likeness (QED) is 0.696. The van der Waals surface area contributed by atoms with Gasteiger partial charge >= 0.3 is 10.2 Å². The van der Waals surface area contributed by atoms with Crippen molar-refractivity contribution in [3.05, 3.63) is 29.6 Å². The highest BCUT2D eigenvalue weighted by atomic mass is 32.5. The van der Waals surface area contributed by atoms with Gasteiger partial charge in [-0.15, -0.1) is 0 Å². The van der Waals surface area contributed by atoms with Crippen molar-refractivity contribution in [3.63, 3.8) is 0 Å². The predicted molar refractivity (Wildman–Crippen MR) is 60.4 cm³/mol. The monoisotopic (exact) mass is 284 g/mol. The van der Waals surface area contributed by atoms with Crippen LogP contribution in [0.4, 0.5) is 19.4 Å². The van der Waals surface area contributed by atoms with Crippen LogP contribution in [0.3, 0.4) is 0 Å². The second kappa shape index (κ2) is 2.93. The molecule has 0 bridgehead atoms. The Kier molecular flexibility index (Phi) is 2.12. The van der Waals surface area contributed by atoms with Gasteiger partial charge in [0, 0.05) is 0 Å². The Balaban J connectivity index is 2.77. The first-order chi connectivity index (χ1) is 7.86. The second-order valence-electron chi connectivity index (χ2n) is 4.01. The normalized spacial score (nSPS) is 16.4. The number of hydrogen-bond donors (Lipinski definition) is 0. The minimum absolute atomic E-state index is 0.156. The first kappa shape index (κ1) is 13.0. The molecule has 1 aromatic heterocycles. The van der Waals surface area contributed by atoms with E-state index in [9.17, 15) is 19.4 Å². The van der Waals surface area contributed by atoms with Crippen molar-refractivity contribution in [1.82, 2.24) is 9.97 Å². The van der Waals surface area contributed by atoms with Crippen LogP contribution >= 0.6 is 10.2 Å². The fraction of sp³-hybridized carbons (Fsp3) is 0.200. The Morgan fingerprint density at radius 3 is 1.83 bits per heavy atom. The van der Waals surface area contributed by atoms with E-state index in [1.54, 1.807) is 13.8 Å². The highest BCUT2D eigenvalue weighted by Gasteiger charge is 2.65. The van der Waals surface area contributed by atoms with Crippen LogP contribution in [0.1, 0.15) is 11.4 Å². The maximum Gasteiger partial charge on any atom is 0.310 e. The van der Waals surface area contributed by atoms with Gasteiger partial charge in [0.25, 0.3) is 0 Å². The number of rotatable bonds is 1. The van der Waals surface area contributed by atoms with Crippen molar-refractivity contribution in [2.24, 2.45) is 0 Å². The number of hydrogen-bond acceptors (Lipinski definition) is 2. The van der Waals surface area contributed by atoms with Crippen LogP contribution in [0.15, 0.2) is 23.1 Å². The molecule has 0 atom stereocenters. The van der Waals surface area contributed by atoms with E-state index in [1.165, 1.54) is 0 Å². The van der Waals surface area contributed by atoms with Crippen LogP contribution in [-0.4, -0.2) is 9.97 Å². The second-order valence-corrected chi connectivity index (χ2v) is 6.42. The lowest BCUT2D eigenvalue weighted by molar-refractivity contribution is 0.364. The Labute approximate surface area is 99.6 Å². The van der Waals surface area contributed by atoms with E-state index < -0.39 is 15.1 Å². The summed E-state index contributed by atoms with van der Waals surface area (Å²) in [5.74, 6) is 0. The van der Waals surface area contributed by atoms with Crippen molar-refractivity contribution in [1.29, 1.82) is 0 Å². The lowest BCUT2D eigenvalue weighted by Gasteiger charge is -2.40. The molecule has 0 saturated carbocycles. The van der Waals surface area contributed by atoms with Crippen LogP contribution in [-0.2, 0) is 0 Å². The third kappa shape index (κ3) is 2.38. The van der Waals surface area contributed by atoms with Crippen LogP contribution < -0.4 is 0 Å². The SMILES string of the molecule is Cc1nc2ccc(S(F)(F)(F)(F)F)cc2nc1C. The van der Waals surface area contributed by atoms with E-state index in [2.05, 4.69) is 9.97 Å². The summed E-state index contributed by atoms with van der Waals surface area (Å²) in [7, 11) is -9.66. The van der Waals surface area contributed by atoms with Gasteiger partial charge in [-0.2, -0.15) is 0 Å². The summed E-state index contributed by atoms with van der Waals surface area (Å²) in [6.45, 7) is 3.19. The number of aromatic nitrogens is 2. The standard InChI is InChI=1S/C10H9F5N2S/c1-6-7(2)17-10-5-8(3-4-9(10)16-6)18(11,12,13,14)15/h3-5H,1-2H3. The van der Waals surface area contributed by atoms with Crippen molar-refractivity contribution in [2.45, 2.75) is 18.7 Å². The Morgan fingerprint density at radius 1 is 0.833 bits per heavy atom. The Morgan fingerprint density at radius 2 is 1.33 bits per heavy atom. The number of nitrogens with zero attached hydrogens (tertiary/aromatic N) is 2. The number of benzene rings is 1. The van der Waals surface area contributed by atoms with E-state index in [0.717, 1.165) is 6.07 Å². The summed E-state index contributed by atoms with van der Waals surface area (Å²) >= 11 is 0. The molecule has 0 fully saturated rings. The minimum atomic E-state index is -9.66. The van der Waals surface area contributed by atoms with Gasteiger partial charge in [0.15, 0.2) is 0 Å². The summed E-state index contributed by atoms with van der Waals surface area (Å²) < 4.78 is 63.0. The smallest absolute Gasteiger partial charge is 0.250 e. The van der Waals surface area contributed by atoms with Crippen molar-refractivity contribution in [3.8, 4) is 0 Å². The summed E-state index contributed by atoms with van der Waals surface area (Å²) in [5.41, 5.74) is 0.914. The van der Waals surface area contributed by atoms with Gasteiger partial charge in [-0.3, -0.25) is 0 Å². The first-order valence-electron chi connectivity index (χ1n) is 4.86. The molecule has 1 aromatic carbocycles. The molecule has 18 heavy (non-hydrogen) atoms. The molecule has 2 aromatic rings. The third-order valence-electron chi connectivity index (χ3n) is 2.49. The molecule has 0 amide bonds. The molecule has 0 aliphatic rings. The summed E-state index contributed by atoms with van der Waals surface area (Å²) in [5, 5.41) is 0. The van der Waals surface area contributed by atoms with E-state index in [0.29, 0.717) is 23.5 Å². The van der Waals surface area contributed by atoms with Gasteiger partial charge in [0.2, 0.25) is 0 Å². The molecule has 100 valence electrons. The zero-order valence-corrected chi connectivity index (χ0v) is 10.2. The molecular weight excluding hydrogens is 275 g/mol. The van der Waals surface area contributed by atoms with Gasteiger partial charge in [-0.05, 0) is 32.0 Å². The average Bonchev–Trinajstić information content (AvgIpc) is 2.15. The molecule has 0 aliphatic heterocycles. The predicted octanol–water partition coefficient (Wildman–Crippen LogP) is 4.90. The molecule has 1 heterocycles. The molecule has 2 nitrogen and oxygen atoms in total. The number of fused-ring (bicyclic) bond motifs is 1. The van der Waals surface area contributed by atoms with Gasteiger partial charge in [-0.25, -0.2) is 9.97 Å². The van der Waals surface area contributed by atoms with Crippen molar-refractivity contribution in [2.75, 3.05) is 0 Å². The van der Waals surface area contributed by atoms with Crippen molar-refractivity contribution >= 4 is 21.3 Å².